The minimum absolute atomic E-state index is 0.178. The molecule has 0 fully saturated rings. The highest BCUT2D eigenvalue weighted by atomic mass is 35.5. The number of carboxylic acid groups (broad SMARTS) is 1. The van der Waals surface area contributed by atoms with Crippen LogP contribution in [0.25, 0.3) is 16.8 Å². The van der Waals surface area contributed by atoms with Crippen LogP contribution in [0.15, 0.2) is 96.2 Å². The third kappa shape index (κ3) is 6.02. The van der Waals surface area contributed by atoms with Crippen molar-refractivity contribution in [3.63, 3.8) is 0 Å². The van der Waals surface area contributed by atoms with Crippen LogP contribution in [0.4, 0.5) is 10.1 Å². The van der Waals surface area contributed by atoms with Gasteiger partial charge in [-0.15, -0.1) is 5.10 Å². The van der Waals surface area contributed by atoms with Gasteiger partial charge in [-0.25, -0.2) is 9.18 Å². The van der Waals surface area contributed by atoms with E-state index in [0.717, 1.165) is 5.56 Å². The normalized spacial score (nSPS) is 11.7. The smallest absolute Gasteiger partial charge is 0.335 e. The van der Waals surface area contributed by atoms with E-state index in [1.165, 1.54) is 41.3 Å². The molecule has 0 aliphatic heterocycles. The highest BCUT2D eigenvalue weighted by molar-refractivity contribution is 6.31. The van der Waals surface area contributed by atoms with Crippen molar-refractivity contribution in [2.24, 2.45) is 0 Å². The van der Waals surface area contributed by atoms with Gasteiger partial charge in [-0.1, -0.05) is 23.7 Å². The Balaban J connectivity index is 1.47. The minimum atomic E-state index is -1.01. The summed E-state index contributed by atoms with van der Waals surface area (Å²) in [5.74, 6) is -1.35. The average Bonchev–Trinajstić information content (AvgIpc) is 3.47. The molecule has 2 aromatic heterocycles. The van der Waals surface area contributed by atoms with Gasteiger partial charge in [0, 0.05) is 35.1 Å². The van der Waals surface area contributed by atoms with E-state index in [1.54, 1.807) is 53.2 Å². The molecule has 5 rings (SSSR count). The lowest BCUT2D eigenvalue weighted by atomic mass is 10.0. The third-order valence-corrected chi connectivity index (χ3v) is 6.50. The highest BCUT2D eigenvalue weighted by Crippen LogP contribution is 2.29. The molecule has 0 aliphatic carbocycles. The fourth-order valence-electron chi connectivity index (χ4n) is 4.30. The number of aromatic carboxylic acids is 1. The van der Waals surface area contributed by atoms with Crippen LogP contribution in [0.2, 0.25) is 5.02 Å². The van der Waals surface area contributed by atoms with Crippen molar-refractivity contribution in [1.82, 2.24) is 24.8 Å². The molecule has 2 heterocycles. The van der Waals surface area contributed by atoms with Crippen LogP contribution in [0.1, 0.15) is 22.0 Å². The molecular weight excluding hydrogens is 523 g/mol. The molecule has 9 nitrogen and oxygen atoms in total. The van der Waals surface area contributed by atoms with Crippen LogP contribution in [0, 0.1) is 5.82 Å². The zero-order valence-corrected chi connectivity index (χ0v) is 21.2. The second-order valence-corrected chi connectivity index (χ2v) is 9.26. The first-order valence-electron chi connectivity index (χ1n) is 11.9. The maximum atomic E-state index is 13.5. The Morgan fingerprint density at radius 3 is 2.46 bits per heavy atom. The molecule has 3 aromatic carbocycles. The molecule has 0 bridgehead atoms. The van der Waals surface area contributed by atoms with Gasteiger partial charge in [-0.3, -0.25) is 4.79 Å². The first kappa shape index (κ1) is 25.8. The summed E-state index contributed by atoms with van der Waals surface area (Å²) in [4.78, 5) is 24.6. The Morgan fingerprint density at radius 1 is 1.03 bits per heavy atom. The highest BCUT2D eigenvalue weighted by Gasteiger charge is 2.17. The molecule has 1 unspecified atom stereocenters. The molecule has 2 N–H and O–H groups in total. The molecule has 0 saturated carbocycles. The number of carbonyl (C=O) groups is 1. The summed E-state index contributed by atoms with van der Waals surface area (Å²) < 4.78 is 16.6. The number of nitrogens with zero attached hydrogens (tertiary/aromatic N) is 5. The second kappa shape index (κ2) is 11.3. The van der Waals surface area contributed by atoms with Crippen LogP contribution >= 0.6 is 11.6 Å². The number of benzene rings is 3. The Labute approximate surface area is 227 Å². The van der Waals surface area contributed by atoms with Crippen LogP contribution in [-0.4, -0.2) is 42.4 Å². The van der Waals surface area contributed by atoms with E-state index >= 15 is 0 Å². The van der Waals surface area contributed by atoms with Gasteiger partial charge >= 0.3 is 5.97 Å². The Kier molecular flexibility index (Phi) is 7.46. The van der Waals surface area contributed by atoms with Gasteiger partial charge in [0.2, 0.25) is 0 Å². The molecule has 0 radical (unpaired) electrons. The Morgan fingerprint density at radius 2 is 1.79 bits per heavy atom. The molecule has 39 heavy (non-hydrogen) atoms. The maximum absolute atomic E-state index is 13.5. The zero-order valence-electron chi connectivity index (χ0n) is 20.4. The lowest BCUT2D eigenvalue weighted by Crippen LogP contribution is -2.30. The van der Waals surface area contributed by atoms with Crippen LogP contribution < -0.4 is 10.9 Å². The second-order valence-electron chi connectivity index (χ2n) is 8.82. The lowest BCUT2D eigenvalue weighted by Gasteiger charge is -2.22. The summed E-state index contributed by atoms with van der Waals surface area (Å²) >= 11 is 6.27. The zero-order chi connectivity index (χ0) is 27.4. The lowest BCUT2D eigenvalue weighted by molar-refractivity contribution is 0.0697. The van der Waals surface area contributed by atoms with Gasteiger partial charge < -0.3 is 15.0 Å². The molecule has 0 aliphatic rings. The van der Waals surface area contributed by atoms with Crippen LogP contribution in [0.3, 0.4) is 0 Å². The number of nitrogens with one attached hydrogen (secondary N) is 1. The van der Waals surface area contributed by atoms with Gasteiger partial charge in [0.25, 0.3) is 5.56 Å². The quantitative estimate of drug-likeness (QED) is 0.272. The van der Waals surface area contributed by atoms with Gasteiger partial charge in [-0.05, 0) is 88.6 Å². The monoisotopic (exact) mass is 544 g/mol. The van der Waals surface area contributed by atoms with Gasteiger partial charge in [0.05, 0.1) is 17.3 Å². The fraction of sp³-hybridized carbons (Fsp3) is 0.107. The number of anilines is 1. The summed E-state index contributed by atoms with van der Waals surface area (Å²) in [5.41, 5.74) is 3.49. The average molecular weight is 545 g/mol. The van der Waals surface area contributed by atoms with Gasteiger partial charge in [0.15, 0.2) is 0 Å². The van der Waals surface area contributed by atoms with E-state index in [1.807, 2.05) is 6.07 Å². The molecule has 0 amide bonds. The van der Waals surface area contributed by atoms with E-state index in [9.17, 15) is 14.0 Å². The van der Waals surface area contributed by atoms with E-state index in [-0.39, 0.29) is 23.0 Å². The van der Waals surface area contributed by atoms with Crippen LogP contribution in [0.5, 0.6) is 0 Å². The van der Waals surface area contributed by atoms with Crippen molar-refractivity contribution in [2.75, 3.05) is 11.9 Å². The summed E-state index contributed by atoms with van der Waals surface area (Å²) in [6, 6.07) is 20.8. The van der Waals surface area contributed by atoms with Crippen molar-refractivity contribution in [3.05, 3.63) is 124 Å². The standard InChI is InChI=1S/C28H22ClFN6O3/c29-21-5-10-26(36-17-32-33-34-36)25(15-21)20-11-12-35(27(37)14-20)24(13-18-1-6-22(30)7-2-18)16-31-23-8-3-19(4-9-23)28(38)39/h1-12,14-15,17,24,31H,13,16H2,(H,38,39). The molecule has 196 valence electrons. The van der Waals surface area contributed by atoms with Crippen LogP contribution in [-0.2, 0) is 6.42 Å². The molecule has 0 spiro atoms. The summed E-state index contributed by atoms with van der Waals surface area (Å²) in [5, 5.41) is 24.3. The van der Waals surface area contributed by atoms with E-state index in [0.29, 0.717) is 40.5 Å². The van der Waals surface area contributed by atoms with Crippen molar-refractivity contribution < 1.29 is 14.3 Å². The maximum Gasteiger partial charge on any atom is 0.335 e. The summed E-state index contributed by atoms with van der Waals surface area (Å²) in [7, 11) is 0. The van der Waals surface area contributed by atoms with E-state index in [4.69, 9.17) is 16.7 Å². The number of aromatic nitrogens is 5. The first-order valence-corrected chi connectivity index (χ1v) is 12.3. The Hall–Kier alpha value is -4.83. The number of halogens is 2. The first-order chi connectivity index (χ1) is 18.9. The number of hydrogen-bond donors (Lipinski definition) is 2. The molecule has 0 saturated heterocycles. The predicted molar refractivity (Wildman–Crippen MR) is 145 cm³/mol. The number of hydrogen-bond acceptors (Lipinski definition) is 6. The third-order valence-electron chi connectivity index (χ3n) is 6.27. The number of tetrazole rings is 1. The molecular formula is C28H22ClFN6O3. The molecule has 1 atom stereocenters. The number of carboxylic acids is 1. The number of pyridine rings is 1. The topological polar surface area (TPSA) is 115 Å². The van der Waals surface area contributed by atoms with E-state index < -0.39 is 5.97 Å². The summed E-state index contributed by atoms with van der Waals surface area (Å²) in [6.07, 6.45) is 3.62. The predicted octanol–water partition coefficient (Wildman–Crippen LogP) is 4.88. The van der Waals surface area contributed by atoms with Crippen molar-refractivity contribution >= 4 is 23.3 Å². The van der Waals surface area contributed by atoms with E-state index in [2.05, 4.69) is 20.8 Å². The summed E-state index contributed by atoms with van der Waals surface area (Å²) in [6.45, 7) is 0.357. The van der Waals surface area contributed by atoms with Crippen molar-refractivity contribution in [3.8, 4) is 16.8 Å². The SMILES string of the molecule is O=C(O)c1ccc(NCC(Cc2ccc(F)cc2)n2ccc(-c3cc(Cl)ccc3-n3cnnn3)cc2=O)cc1. The van der Waals surface area contributed by atoms with Gasteiger partial charge in [0.1, 0.15) is 12.1 Å². The van der Waals surface area contributed by atoms with Crippen molar-refractivity contribution in [2.45, 2.75) is 12.5 Å². The fourth-order valence-corrected chi connectivity index (χ4v) is 4.47. The van der Waals surface area contributed by atoms with Crippen molar-refractivity contribution in [1.29, 1.82) is 0 Å². The molecule has 11 heteroatoms. The Bertz CT molecular complexity index is 1650. The minimum Gasteiger partial charge on any atom is -0.478 e. The largest absolute Gasteiger partial charge is 0.478 e. The van der Waals surface area contributed by atoms with Gasteiger partial charge in [-0.2, -0.15) is 4.68 Å². The molecule has 5 aromatic rings. The number of rotatable bonds is 9.